The van der Waals surface area contributed by atoms with Crippen LogP contribution in [0.2, 0.25) is 0 Å². The Morgan fingerprint density at radius 2 is 2.00 bits per heavy atom. The molecule has 1 heterocycles. The molecule has 2 aromatic rings. The summed E-state index contributed by atoms with van der Waals surface area (Å²) in [5.74, 6) is 1.84. The van der Waals surface area contributed by atoms with Crippen molar-refractivity contribution < 1.29 is 4.74 Å². The van der Waals surface area contributed by atoms with E-state index in [2.05, 4.69) is 40.8 Å². The molecular weight excluding hydrogens is 252 g/mol. The van der Waals surface area contributed by atoms with Crippen LogP contribution in [0.3, 0.4) is 0 Å². The number of ether oxygens (including phenoxy) is 1. The highest BCUT2D eigenvalue weighted by Crippen LogP contribution is 2.27. The maximum atomic E-state index is 5.86. The number of benzene rings is 1. The molecule has 0 aliphatic carbocycles. The number of anilines is 3. The highest BCUT2D eigenvalue weighted by molar-refractivity contribution is 5.65. The fraction of sp³-hybridized carbons (Fsp3) is 0.333. The van der Waals surface area contributed by atoms with Gasteiger partial charge in [-0.25, -0.2) is 9.97 Å². The molecule has 0 aliphatic rings. The minimum Gasteiger partial charge on any atom is -0.384 e. The van der Waals surface area contributed by atoms with Gasteiger partial charge in [-0.15, -0.1) is 0 Å². The predicted octanol–water partition coefficient (Wildman–Crippen LogP) is 2.67. The van der Waals surface area contributed by atoms with Crippen LogP contribution in [0.15, 0.2) is 30.3 Å². The Bertz CT molecular complexity index is 586. The Kier molecular flexibility index (Phi) is 4.53. The molecule has 0 bridgehead atoms. The molecule has 1 aromatic carbocycles. The fourth-order valence-electron chi connectivity index (χ4n) is 2.16. The van der Waals surface area contributed by atoms with Gasteiger partial charge in [0.1, 0.15) is 18.2 Å². The van der Waals surface area contributed by atoms with Crippen LogP contribution in [-0.2, 0) is 11.3 Å². The summed E-state index contributed by atoms with van der Waals surface area (Å²) in [5, 5.41) is 0. The molecular formula is C15H20N4O. The Hall–Kier alpha value is -2.14. The van der Waals surface area contributed by atoms with Gasteiger partial charge in [-0.3, -0.25) is 0 Å². The fourth-order valence-corrected chi connectivity index (χ4v) is 2.16. The summed E-state index contributed by atoms with van der Waals surface area (Å²) >= 11 is 0. The zero-order valence-electron chi connectivity index (χ0n) is 12.1. The van der Waals surface area contributed by atoms with E-state index < -0.39 is 0 Å². The molecule has 0 saturated heterocycles. The molecule has 0 atom stereocenters. The van der Waals surface area contributed by atoms with Crippen molar-refractivity contribution in [3.63, 3.8) is 0 Å². The summed E-state index contributed by atoms with van der Waals surface area (Å²) in [6.45, 7) is 5.32. The lowest BCUT2D eigenvalue weighted by molar-refractivity contribution is 0.178. The van der Waals surface area contributed by atoms with Gasteiger partial charge in [-0.05, 0) is 25.5 Å². The minimum absolute atomic E-state index is 0.351. The molecule has 5 heteroatoms. The van der Waals surface area contributed by atoms with Gasteiger partial charge in [-0.2, -0.15) is 0 Å². The number of nitrogen functional groups attached to an aromatic ring is 1. The lowest BCUT2D eigenvalue weighted by Crippen LogP contribution is -2.19. The molecule has 1 aromatic heterocycles. The molecule has 0 amide bonds. The van der Waals surface area contributed by atoms with E-state index in [1.807, 2.05) is 12.1 Å². The molecule has 0 aliphatic heterocycles. The SMILES string of the molecule is CCN(c1cc(N)nc(COC)n1)c1ccccc1C. The number of nitrogens with zero attached hydrogens (tertiary/aromatic N) is 3. The number of aromatic nitrogens is 2. The average molecular weight is 272 g/mol. The lowest BCUT2D eigenvalue weighted by atomic mass is 10.2. The topological polar surface area (TPSA) is 64.3 Å². The quantitative estimate of drug-likeness (QED) is 0.906. The van der Waals surface area contributed by atoms with Gasteiger partial charge in [0.2, 0.25) is 0 Å². The van der Waals surface area contributed by atoms with E-state index in [-0.39, 0.29) is 0 Å². The largest absolute Gasteiger partial charge is 0.384 e. The second-order valence-corrected chi connectivity index (χ2v) is 4.53. The Morgan fingerprint density at radius 3 is 2.65 bits per heavy atom. The standard InChI is InChI=1S/C15H20N4O/c1-4-19(12-8-6-5-7-11(12)2)15-9-13(16)17-14(18-15)10-20-3/h5-9H,4,10H2,1-3H3,(H2,16,17,18). The van der Waals surface area contributed by atoms with Crippen molar-refractivity contribution in [2.45, 2.75) is 20.5 Å². The van der Waals surface area contributed by atoms with Gasteiger partial charge in [0.05, 0.1) is 0 Å². The van der Waals surface area contributed by atoms with E-state index in [9.17, 15) is 0 Å². The van der Waals surface area contributed by atoms with Crippen molar-refractivity contribution in [3.05, 3.63) is 41.7 Å². The first-order valence-electron chi connectivity index (χ1n) is 6.61. The van der Waals surface area contributed by atoms with Crippen molar-refractivity contribution in [3.8, 4) is 0 Å². The number of nitrogens with two attached hydrogens (primary N) is 1. The van der Waals surface area contributed by atoms with Gasteiger partial charge in [-0.1, -0.05) is 18.2 Å². The zero-order valence-corrected chi connectivity index (χ0v) is 12.1. The zero-order chi connectivity index (χ0) is 14.5. The molecule has 2 rings (SSSR count). The highest BCUT2D eigenvalue weighted by Gasteiger charge is 2.13. The summed E-state index contributed by atoms with van der Waals surface area (Å²) in [6, 6.07) is 9.99. The molecule has 0 fully saturated rings. The molecule has 2 N–H and O–H groups in total. The van der Waals surface area contributed by atoms with Crippen LogP contribution >= 0.6 is 0 Å². The van der Waals surface area contributed by atoms with Crippen LogP contribution < -0.4 is 10.6 Å². The third-order valence-corrected chi connectivity index (χ3v) is 3.05. The average Bonchev–Trinajstić information content (AvgIpc) is 2.41. The highest BCUT2D eigenvalue weighted by atomic mass is 16.5. The number of methoxy groups -OCH3 is 1. The summed E-state index contributed by atoms with van der Waals surface area (Å²) in [4.78, 5) is 10.8. The first kappa shape index (κ1) is 14.3. The van der Waals surface area contributed by atoms with Crippen molar-refractivity contribution in [1.29, 1.82) is 0 Å². The van der Waals surface area contributed by atoms with E-state index in [1.165, 1.54) is 5.56 Å². The van der Waals surface area contributed by atoms with Crippen LogP contribution in [0.5, 0.6) is 0 Å². The van der Waals surface area contributed by atoms with E-state index in [0.29, 0.717) is 18.2 Å². The van der Waals surface area contributed by atoms with E-state index in [4.69, 9.17) is 10.5 Å². The number of para-hydroxylation sites is 1. The van der Waals surface area contributed by atoms with E-state index in [1.54, 1.807) is 13.2 Å². The van der Waals surface area contributed by atoms with Crippen LogP contribution in [0.25, 0.3) is 0 Å². The van der Waals surface area contributed by atoms with Gasteiger partial charge < -0.3 is 15.4 Å². The van der Waals surface area contributed by atoms with Gasteiger partial charge in [0.25, 0.3) is 0 Å². The first-order chi connectivity index (χ1) is 9.65. The van der Waals surface area contributed by atoms with Crippen molar-refractivity contribution in [2.75, 3.05) is 24.3 Å². The smallest absolute Gasteiger partial charge is 0.158 e. The Labute approximate surface area is 119 Å². The molecule has 5 nitrogen and oxygen atoms in total. The number of hydrogen-bond acceptors (Lipinski definition) is 5. The molecule has 0 radical (unpaired) electrons. The summed E-state index contributed by atoms with van der Waals surface area (Å²) < 4.78 is 5.08. The first-order valence-corrected chi connectivity index (χ1v) is 6.61. The summed E-state index contributed by atoms with van der Waals surface area (Å²) in [6.07, 6.45) is 0. The van der Waals surface area contributed by atoms with Gasteiger partial charge in [0.15, 0.2) is 5.82 Å². The summed E-state index contributed by atoms with van der Waals surface area (Å²) in [7, 11) is 1.62. The van der Waals surface area contributed by atoms with Crippen LogP contribution in [0.1, 0.15) is 18.3 Å². The minimum atomic E-state index is 0.351. The van der Waals surface area contributed by atoms with Crippen molar-refractivity contribution in [1.82, 2.24) is 9.97 Å². The van der Waals surface area contributed by atoms with Gasteiger partial charge >= 0.3 is 0 Å². The number of aryl methyl sites for hydroxylation is 1. The molecule has 0 spiro atoms. The maximum Gasteiger partial charge on any atom is 0.158 e. The predicted molar refractivity (Wildman–Crippen MR) is 81.0 cm³/mol. The van der Waals surface area contributed by atoms with Crippen LogP contribution in [-0.4, -0.2) is 23.6 Å². The van der Waals surface area contributed by atoms with Crippen molar-refractivity contribution in [2.24, 2.45) is 0 Å². The third-order valence-electron chi connectivity index (χ3n) is 3.05. The molecule has 20 heavy (non-hydrogen) atoms. The molecule has 0 saturated carbocycles. The second kappa shape index (κ2) is 6.34. The van der Waals surface area contributed by atoms with Crippen LogP contribution in [0.4, 0.5) is 17.3 Å². The number of hydrogen-bond donors (Lipinski definition) is 1. The number of rotatable bonds is 5. The monoisotopic (exact) mass is 272 g/mol. The molecule has 106 valence electrons. The Morgan fingerprint density at radius 1 is 1.25 bits per heavy atom. The Balaban J connectivity index is 2.44. The second-order valence-electron chi connectivity index (χ2n) is 4.53. The van der Waals surface area contributed by atoms with E-state index in [0.717, 1.165) is 18.1 Å². The normalized spacial score (nSPS) is 10.6. The van der Waals surface area contributed by atoms with Gasteiger partial charge in [0, 0.05) is 25.4 Å². The maximum absolute atomic E-state index is 5.86. The van der Waals surface area contributed by atoms with Crippen LogP contribution in [0, 0.1) is 6.92 Å². The molecule has 0 unspecified atom stereocenters. The third kappa shape index (κ3) is 3.05. The van der Waals surface area contributed by atoms with Crippen molar-refractivity contribution >= 4 is 17.3 Å². The summed E-state index contributed by atoms with van der Waals surface area (Å²) in [5.41, 5.74) is 8.18. The lowest BCUT2D eigenvalue weighted by Gasteiger charge is -2.24. The van der Waals surface area contributed by atoms with E-state index >= 15 is 0 Å².